The Bertz CT molecular complexity index is 850. The molecule has 3 N–H and O–H groups in total. The zero-order chi connectivity index (χ0) is 18.4. The maximum Gasteiger partial charge on any atom is 0.290 e. The van der Waals surface area contributed by atoms with Crippen LogP contribution in [0.25, 0.3) is 5.78 Å². The van der Waals surface area contributed by atoms with Crippen LogP contribution in [0.5, 0.6) is 0 Å². The fourth-order valence-electron chi connectivity index (χ4n) is 2.99. The lowest BCUT2D eigenvalue weighted by Crippen LogP contribution is -2.13. The predicted molar refractivity (Wildman–Crippen MR) is 91.8 cm³/mol. The highest BCUT2D eigenvalue weighted by atomic mass is 16.3. The second-order valence-electron chi connectivity index (χ2n) is 5.89. The molecule has 0 saturated heterocycles. The molecule has 10 nitrogen and oxygen atoms in total. The van der Waals surface area contributed by atoms with E-state index in [1.807, 2.05) is 0 Å². The van der Waals surface area contributed by atoms with Gasteiger partial charge in [0.25, 0.3) is 12.4 Å². The molecule has 0 aromatic carbocycles. The third-order valence-corrected chi connectivity index (χ3v) is 4.19. The summed E-state index contributed by atoms with van der Waals surface area (Å²) in [6.07, 6.45) is 11.0. The number of hydrogen-bond acceptors (Lipinski definition) is 6. The third-order valence-electron chi connectivity index (χ3n) is 4.19. The summed E-state index contributed by atoms with van der Waals surface area (Å²) in [5.41, 5.74) is 0.285. The summed E-state index contributed by atoms with van der Waals surface area (Å²) in [6.45, 7) is -0.250. The Morgan fingerprint density at radius 1 is 1.31 bits per heavy atom. The lowest BCUT2D eigenvalue weighted by atomic mass is 9.89. The van der Waals surface area contributed by atoms with Crippen LogP contribution in [0.3, 0.4) is 0 Å². The summed E-state index contributed by atoms with van der Waals surface area (Å²) in [6, 6.07) is 1.78. The quantitative estimate of drug-likeness (QED) is 0.608. The zero-order valence-electron chi connectivity index (χ0n) is 14.0. The number of nitrogens with one attached hydrogen (secondary N) is 2. The second kappa shape index (κ2) is 8.19. The molecular formula is C16H19N7O3. The van der Waals surface area contributed by atoms with E-state index in [0.717, 1.165) is 18.7 Å². The summed E-state index contributed by atoms with van der Waals surface area (Å²) < 4.78 is 1.69. The van der Waals surface area contributed by atoms with Crippen molar-refractivity contribution in [3.8, 4) is 0 Å². The summed E-state index contributed by atoms with van der Waals surface area (Å²) in [7, 11) is 0. The van der Waals surface area contributed by atoms with Crippen molar-refractivity contribution in [1.29, 1.82) is 0 Å². The average Bonchev–Trinajstić information content (AvgIpc) is 3.30. The molecule has 3 aromatic rings. The van der Waals surface area contributed by atoms with Crippen LogP contribution in [0, 0.1) is 0 Å². The van der Waals surface area contributed by atoms with Crippen LogP contribution in [-0.4, -0.2) is 47.0 Å². The predicted octanol–water partition coefficient (Wildman–Crippen LogP) is 1.85. The molecule has 26 heavy (non-hydrogen) atoms. The number of carbonyl (C=O) groups excluding carboxylic acids is 1. The van der Waals surface area contributed by atoms with Crippen LogP contribution in [0.4, 0.5) is 5.95 Å². The second-order valence-corrected chi connectivity index (χ2v) is 5.89. The molecule has 1 amide bonds. The molecule has 10 heteroatoms. The van der Waals surface area contributed by atoms with Gasteiger partial charge in [-0.3, -0.25) is 24.4 Å². The fraction of sp³-hybridized carbons (Fsp3) is 0.375. The molecule has 0 spiro atoms. The van der Waals surface area contributed by atoms with Gasteiger partial charge in [-0.1, -0.05) is 19.3 Å². The first-order chi connectivity index (χ1) is 12.7. The van der Waals surface area contributed by atoms with E-state index in [-0.39, 0.29) is 18.1 Å². The highest BCUT2D eigenvalue weighted by Crippen LogP contribution is 2.30. The number of imidazole rings is 1. The van der Waals surface area contributed by atoms with E-state index < -0.39 is 0 Å². The molecule has 136 valence electrons. The minimum atomic E-state index is -0.343. The summed E-state index contributed by atoms with van der Waals surface area (Å²) in [4.78, 5) is 33.3. The van der Waals surface area contributed by atoms with Gasteiger partial charge in [-0.15, -0.1) is 5.10 Å². The summed E-state index contributed by atoms with van der Waals surface area (Å²) in [5.74, 6) is 1.71. The SMILES string of the molecule is O=C(Nc1n[nH]c(C2CCCCC2)n1)c1cn2cccnc2n1.O=CO. The standard InChI is InChI=1S/C15H17N7O.CH2O2/c23-13(11-9-22-8-4-7-16-15(22)17-11)19-14-18-12(20-21-14)10-5-2-1-3-6-10;2-1-3/h4,7-10H,1-3,5-6H2,(H2,18,19,20,21,23);1H,(H,2,3). The van der Waals surface area contributed by atoms with Crippen molar-refractivity contribution >= 4 is 24.1 Å². The Morgan fingerprint density at radius 2 is 2.08 bits per heavy atom. The Balaban J connectivity index is 0.000000613. The van der Waals surface area contributed by atoms with Gasteiger partial charge in [-0.05, 0) is 18.9 Å². The number of amides is 1. The van der Waals surface area contributed by atoms with Crippen LogP contribution in [0.2, 0.25) is 0 Å². The monoisotopic (exact) mass is 357 g/mol. The van der Waals surface area contributed by atoms with Crippen molar-refractivity contribution in [3.63, 3.8) is 0 Å². The molecule has 3 aromatic heterocycles. The molecule has 0 aliphatic heterocycles. The largest absolute Gasteiger partial charge is 0.483 e. The van der Waals surface area contributed by atoms with Gasteiger partial charge in [0.05, 0.1) is 0 Å². The number of anilines is 1. The molecule has 0 unspecified atom stereocenters. The van der Waals surface area contributed by atoms with Gasteiger partial charge < -0.3 is 5.11 Å². The van der Waals surface area contributed by atoms with E-state index in [1.54, 1.807) is 29.1 Å². The Hall–Kier alpha value is -3.30. The van der Waals surface area contributed by atoms with Crippen LogP contribution < -0.4 is 5.32 Å². The van der Waals surface area contributed by atoms with Crippen molar-refractivity contribution in [2.45, 2.75) is 38.0 Å². The smallest absolute Gasteiger partial charge is 0.290 e. The van der Waals surface area contributed by atoms with Gasteiger partial charge in [-0.2, -0.15) is 4.98 Å². The average molecular weight is 357 g/mol. The van der Waals surface area contributed by atoms with E-state index in [0.29, 0.717) is 17.6 Å². The number of fused-ring (bicyclic) bond motifs is 1. The molecule has 0 bridgehead atoms. The molecule has 3 heterocycles. The van der Waals surface area contributed by atoms with Crippen molar-refractivity contribution in [1.82, 2.24) is 29.5 Å². The molecule has 0 radical (unpaired) electrons. The number of H-pyrrole nitrogens is 1. The number of aromatic nitrogens is 6. The van der Waals surface area contributed by atoms with Crippen LogP contribution >= 0.6 is 0 Å². The van der Waals surface area contributed by atoms with Gasteiger partial charge in [-0.25, -0.2) is 9.97 Å². The van der Waals surface area contributed by atoms with Gasteiger partial charge >= 0.3 is 0 Å². The highest BCUT2D eigenvalue weighted by Gasteiger charge is 2.20. The third kappa shape index (κ3) is 4.02. The van der Waals surface area contributed by atoms with Gasteiger partial charge in [0.1, 0.15) is 11.5 Å². The lowest BCUT2D eigenvalue weighted by molar-refractivity contribution is -0.122. The van der Waals surface area contributed by atoms with Gasteiger partial charge in [0.15, 0.2) is 0 Å². The van der Waals surface area contributed by atoms with Gasteiger partial charge in [0, 0.05) is 24.5 Å². The van der Waals surface area contributed by atoms with E-state index in [2.05, 4.69) is 30.5 Å². The van der Waals surface area contributed by atoms with Gasteiger partial charge in [0.2, 0.25) is 11.7 Å². The Labute approximate surface area is 148 Å². The molecular weight excluding hydrogens is 338 g/mol. The van der Waals surface area contributed by atoms with E-state index in [4.69, 9.17) is 9.90 Å². The first kappa shape index (κ1) is 17.5. The molecule has 1 aliphatic rings. The number of carbonyl (C=O) groups is 2. The number of carboxylic acid groups (broad SMARTS) is 1. The highest BCUT2D eigenvalue weighted by molar-refractivity contribution is 6.02. The Morgan fingerprint density at radius 3 is 2.81 bits per heavy atom. The molecule has 1 fully saturated rings. The van der Waals surface area contributed by atoms with Crippen molar-refractivity contribution < 1.29 is 14.7 Å². The number of rotatable bonds is 3. The van der Waals surface area contributed by atoms with Crippen LogP contribution in [-0.2, 0) is 4.79 Å². The first-order valence-electron chi connectivity index (χ1n) is 8.32. The number of hydrogen-bond donors (Lipinski definition) is 3. The zero-order valence-corrected chi connectivity index (χ0v) is 14.0. The Kier molecular flexibility index (Phi) is 5.52. The lowest BCUT2D eigenvalue weighted by Gasteiger charge is -2.18. The van der Waals surface area contributed by atoms with Crippen molar-refractivity contribution in [2.24, 2.45) is 0 Å². The topological polar surface area (TPSA) is 138 Å². The number of nitrogens with zero attached hydrogens (tertiary/aromatic N) is 5. The normalized spacial score (nSPS) is 14.5. The molecule has 4 rings (SSSR count). The fourth-order valence-corrected chi connectivity index (χ4v) is 2.99. The van der Waals surface area contributed by atoms with E-state index >= 15 is 0 Å². The summed E-state index contributed by atoms with van der Waals surface area (Å²) >= 11 is 0. The van der Waals surface area contributed by atoms with E-state index in [9.17, 15) is 4.79 Å². The maximum atomic E-state index is 12.3. The van der Waals surface area contributed by atoms with Crippen LogP contribution in [0.1, 0.15) is 54.3 Å². The number of aromatic amines is 1. The van der Waals surface area contributed by atoms with E-state index in [1.165, 1.54) is 19.3 Å². The minimum absolute atomic E-state index is 0.250. The molecule has 1 saturated carbocycles. The van der Waals surface area contributed by atoms with Crippen molar-refractivity contribution in [2.75, 3.05) is 5.32 Å². The summed E-state index contributed by atoms with van der Waals surface area (Å²) in [5, 5.41) is 16.6. The molecule has 0 atom stereocenters. The first-order valence-corrected chi connectivity index (χ1v) is 8.32. The molecule has 1 aliphatic carbocycles. The van der Waals surface area contributed by atoms with Crippen molar-refractivity contribution in [3.05, 3.63) is 36.2 Å². The van der Waals surface area contributed by atoms with Crippen LogP contribution in [0.15, 0.2) is 24.7 Å². The maximum absolute atomic E-state index is 12.3. The minimum Gasteiger partial charge on any atom is -0.483 e.